The average Bonchev–Trinajstić information content (AvgIpc) is 2.96. The van der Waals surface area contributed by atoms with Gasteiger partial charge in [-0.3, -0.25) is 4.79 Å². The predicted molar refractivity (Wildman–Crippen MR) is 71.9 cm³/mol. The highest BCUT2D eigenvalue weighted by Crippen LogP contribution is 2.12. The molecule has 0 radical (unpaired) electrons. The summed E-state index contributed by atoms with van der Waals surface area (Å²) < 4.78 is 10.5. The molecule has 0 saturated carbocycles. The van der Waals surface area contributed by atoms with E-state index in [0.717, 1.165) is 12.2 Å². The van der Waals surface area contributed by atoms with Crippen LogP contribution in [0.5, 0.6) is 5.75 Å². The third-order valence-corrected chi connectivity index (χ3v) is 2.74. The summed E-state index contributed by atoms with van der Waals surface area (Å²) in [4.78, 5) is 11.6. The van der Waals surface area contributed by atoms with Crippen LogP contribution in [0.2, 0.25) is 0 Å². The van der Waals surface area contributed by atoms with Crippen LogP contribution in [0.4, 0.5) is 0 Å². The van der Waals surface area contributed by atoms with Gasteiger partial charge in [0.1, 0.15) is 11.5 Å². The second kappa shape index (κ2) is 6.64. The zero-order valence-electron chi connectivity index (χ0n) is 10.9. The molecule has 1 N–H and O–H groups in total. The number of hydrogen-bond donors (Lipinski definition) is 1. The number of ether oxygens (including phenoxy) is 1. The Bertz CT molecular complexity index is 503. The first-order valence-corrected chi connectivity index (χ1v) is 6.28. The van der Waals surface area contributed by atoms with Crippen LogP contribution < -0.4 is 10.1 Å². The SMILES string of the molecule is CCc1ccc(OCC(=O)NCc2ccco2)cc1. The van der Waals surface area contributed by atoms with Gasteiger partial charge in [0.05, 0.1) is 12.8 Å². The van der Waals surface area contributed by atoms with E-state index in [2.05, 4.69) is 12.2 Å². The molecule has 0 aliphatic rings. The molecule has 4 heteroatoms. The fourth-order valence-electron chi connectivity index (χ4n) is 1.62. The third-order valence-electron chi connectivity index (χ3n) is 2.74. The third kappa shape index (κ3) is 4.17. The maximum Gasteiger partial charge on any atom is 0.258 e. The van der Waals surface area contributed by atoms with Crippen LogP contribution in [-0.4, -0.2) is 12.5 Å². The van der Waals surface area contributed by atoms with E-state index in [1.54, 1.807) is 12.3 Å². The molecular weight excluding hydrogens is 242 g/mol. The van der Waals surface area contributed by atoms with Gasteiger partial charge in [-0.1, -0.05) is 19.1 Å². The van der Waals surface area contributed by atoms with E-state index < -0.39 is 0 Å². The summed E-state index contributed by atoms with van der Waals surface area (Å²) in [6.45, 7) is 2.48. The average molecular weight is 259 g/mol. The Morgan fingerprint density at radius 3 is 2.68 bits per heavy atom. The summed E-state index contributed by atoms with van der Waals surface area (Å²) in [7, 11) is 0. The maximum atomic E-state index is 11.6. The number of hydrogen-bond acceptors (Lipinski definition) is 3. The number of rotatable bonds is 6. The highest BCUT2D eigenvalue weighted by Gasteiger charge is 2.03. The lowest BCUT2D eigenvalue weighted by molar-refractivity contribution is -0.123. The zero-order valence-corrected chi connectivity index (χ0v) is 10.9. The standard InChI is InChI=1S/C15H17NO3/c1-2-12-5-7-13(8-6-12)19-11-15(17)16-10-14-4-3-9-18-14/h3-9H,2,10-11H2,1H3,(H,16,17). The Hall–Kier alpha value is -2.23. The second-order valence-corrected chi connectivity index (χ2v) is 4.14. The van der Waals surface area contributed by atoms with E-state index in [1.165, 1.54) is 5.56 Å². The summed E-state index contributed by atoms with van der Waals surface area (Å²) in [6, 6.07) is 11.3. The Morgan fingerprint density at radius 1 is 1.26 bits per heavy atom. The first-order valence-electron chi connectivity index (χ1n) is 6.28. The molecule has 0 unspecified atom stereocenters. The normalized spacial score (nSPS) is 10.2. The number of aryl methyl sites for hydroxylation is 1. The van der Waals surface area contributed by atoms with Crippen molar-refractivity contribution in [2.45, 2.75) is 19.9 Å². The molecular formula is C15H17NO3. The van der Waals surface area contributed by atoms with Crippen molar-refractivity contribution >= 4 is 5.91 Å². The lowest BCUT2D eigenvalue weighted by atomic mass is 10.2. The molecule has 4 nitrogen and oxygen atoms in total. The molecule has 0 atom stereocenters. The van der Waals surface area contributed by atoms with Gasteiger partial charge in [-0.05, 0) is 36.2 Å². The largest absolute Gasteiger partial charge is 0.484 e. The summed E-state index contributed by atoms with van der Waals surface area (Å²) in [5.41, 5.74) is 1.25. The minimum Gasteiger partial charge on any atom is -0.484 e. The van der Waals surface area contributed by atoms with E-state index >= 15 is 0 Å². The van der Waals surface area contributed by atoms with Crippen molar-refractivity contribution in [2.24, 2.45) is 0 Å². The summed E-state index contributed by atoms with van der Waals surface area (Å²) >= 11 is 0. The molecule has 1 amide bonds. The van der Waals surface area contributed by atoms with Gasteiger partial charge >= 0.3 is 0 Å². The number of amides is 1. The number of benzene rings is 1. The zero-order chi connectivity index (χ0) is 13.5. The molecule has 0 spiro atoms. The fraction of sp³-hybridized carbons (Fsp3) is 0.267. The fourth-order valence-corrected chi connectivity index (χ4v) is 1.62. The number of nitrogens with one attached hydrogen (secondary N) is 1. The summed E-state index contributed by atoms with van der Waals surface area (Å²) in [6.07, 6.45) is 2.57. The molecule has 0 bridgehead atoms. The molecule has 0 saturated heterocycles. The summed E-state index contributed by atoms with van der Waals surface area (Å²) in [5, 5.41) is 2.72. The minimum absolute atomic E-state index is 0.00613. The Morgan fingerprint density at radius 2 is 2.05 bits per heavy atom. The van der Waals surface area contributed by atoms with Gasteiger partial charge in [-0.2, -0.15) is 0 Å². The predicted octanol–water partition coefficient (Wildman–Crippen LogP) is 2.54. The second-order valence-electron chi connectivity index (χ2n) is 4.14. The first-order chi connectivity index (χ1) is 9.28. The Balaban J connectivity index is 1.73. The molecule has 0 fully saturated rings. The maximum absolute atomic E-state index is 11.6. The van der Waals surface area contributed by atoms with Crippen molar-refractivity contribution in [1.82, 2.24) is 5.32 Å². The molecule has 2 aromatic rings. The van der Waals surface area contributed by atoms with Gasteiger partial charge < -0.3 is 14.5 Å². The summed E-state index contributed by atoms with van der Waals surface area (Å²) in [5.74, 6) is 1.25. The van der Waals surface area contributed by atoms with Crippen LogP contribution in [0.1, 0.15) is 18.2 Å². The topological polar surface area (TPSA) is 51.5 Å². The number of carbonyl (C=O) groups excluding carboxylic acids is 1. The van der Waals surface area contributed by atoms with Gasteiger partial charge in [-0.15, -0.1) is 0 Å². The molecule has 0 aliphatic carbocycles. The van der Waals surface area contributed by atoms with Gasteiger partial charge in [0.2, 0.25) is 0 Å². The van der Waals surface area contributed by atoms with Gasteiger partial charge in [-0.25, -0.2) is 0 Å². The molecule has 1 aromatic carbocycles. The van der Waals surface area contributed by atoms with E-state index in [1.807, 2.05) is 30.3 Å². The molecule has 2 rings (SSSR count). The van der Waals surface area contributed by atoms with E-state index in [-0.39, 0.29) is 12.5 Å². The van der Waals surface area contributed by atoms with E-state index in [0.29, 0.717) is 12.3 Å². The van der Waals surface area contributed by atoms with Crippen molar-refractivity contribution in [1.29, 1.82) is 0 Å². The van der Waals surface area contributed by atoms with Crippen LogP contribution in [0.3, 0.4) is 0 Å². The van der Waals surface area contributed by atoms with Gasteiger partial charge in [0.25, 0.3) is 5.91 Å². The Labute approximate surface area is 112 Å². The molecule has 19 heavy (non-hydrogen) atoms. The van der Waals surface area contributed by atoms with E-state index in [4.69, 9.17) is 9.15 Å². The number of furan rings is 1. The van der Waals surface area contributed by atoms with Crippen molar-refractivity contribution in [2.75, 3.05) is 6.61 Å². The van der Waals surface area contributed by atoms with Crippen molar-refractivity contribution in [3.8, 4) is 5.75 Å². The van der Waals surface area contributed by atoms with Crippen LogP contribution in [-0.2, 0) is 17.8 Å². The highest BCUT2D eigenvalue weighted by molar-refractivity contribution is 5.77. The minimum atomic E-state index is -0.170. The van der Waals surface area contributed by atoms with Crippen LogP contribution in [0.15, 0.2) is 47.1 Å². The Kier molecular flexibility index (Phi) is 4.61. The van der Waals surface area contributed by atoms with Crippen LogP contribution in [0, 0.1) is 0 Å². The van der Waals surface area contributed by atoms with Crippen LogP contribution in [0.25, 0.3) is 0 Å². The quantitative estimate of drug-likeness (QED) is 0.867. The van der Waals surface area contributed by atoms with Crippen molar-refractivity contribution in [3.05, 3.63) is 54.0 Å². The number of carbonyl (C=O) groups is 1. The van der Waals surface area contributed by atoms with Crippen molar-refractivity contribution in [3.63, 3.8) is 0 Å². The van der Waals surface area contributed by atoms with Gasteiger partial charge in [0.15, 0.2) is 6.61 Å². The first kappa shape index (κ1) is 13.2. The van der Waals surface area contributed by atoms with E-state index in [9.17, 15) is 4.79 Å². The lowest BCUT2D eigenvalue weighted by Gasteiger charge is -2.07. The monoisotopic (exact) mass is 259 g/mol. The van der Waals surface area contributed by atoms with Crippen molar-refractivity contribution < 1.29 is 13.9 Å². The molecule has 100 valence electrons. The lowest BCUT2D eigenvalue weighted by Crippen LogP contribution is -2.28. The molecule has 0 aliphatic heterocycles. The molecule has 1 aromatic heterocycles. The highest BCUT2D eigenvalue weighted by atomic mass is 16.5. The smallest absolute Gasteiger partial charge is 0.258 e. The van der Waals surface area contributed by atoms with Crippen LogP contribution >= 0.6 is 0 Å². The molecule has 1 heterocycles. The van der Waals surface area contributed by atoms with Gasteiger partial charge in [0, 0.05) is 0 Å².